The molecule has 2 N–H and O–H groups in total. The maximum atomic E-state index is 12.8. The Morgan fingerprint density at radius 1 is 1.00 bits per heavy atom. The number of hydrogen-bond acceptors (Lipinski definition) is 5. The number of carbonyl (C=O) groups is 2. The first-order valence-corrected chi connectivity index (χ1v) is 15.1. The number of hydrogen-bond donors (Lipinski definition) is 2. The van der Waals surface area contributed by atoms with Gasteiger partial charge in [0.25, 0.3) is 5.91 Å². The number of anilines is 2. The lowest BCUT2D eigenvalue weighted by molar-refractivity contribution is 0.0944. The first-order chi connectivity index (χ1) is 20.7. The summed E-state index contributed by atoms with van der Waals surface area (Å²) in [6, 6.07) is 24.6. The molecule has 1 aliphatic heterocycles. The summed E-state index contributed by atoms with van der Waals surface area (Å²) < 4.78 is 0. The predicted octanol–water partition coefficient (Wildman–Crippen LogP) is 5.95. The number of nitrogens with one attached hydrogen (secondary N) is 2. The molecule has 1 heterocycles. The van der Waals surface area contributed by atoms with Crippen LogP contribution in [0.2, 0.25) is 0 Å². The van der Waals surface area contributed by atoms with Crippen LogP contribution in [0.4, 0.5) is 16.2 Å². The lowest BCUT2D eigenvalue weighted by Crippen LogP contribution is -2.48. The average Bonchev–Trinajstić information content (AvgIpc) is 3.00. The minimum Gasteiger partial charge on any atom is -0.364 e. The Labute approximate surface area is 256 Å². The Morgan fingerprint density at radius 3 is 2.28 bits per heavy atom. The molecule has 3 aromatic carbocycles. The Hall–Kier alpha value is -4.35. The molecule has 1 aliphatic rings. The highest BCUT2D eigenvalue weighted by Gasteiger charge is 2.27. The van der Waals surface area contributed by atoms with E-state index >= 15 is 0 Å². The first kappa shape index (κ1) is 31.6. The summed E-state index contributed by atoms with van der Waals surface area (Å²) in [5.74, 6) is 0.00455. The summed E-state index contributed by atoms with van der Waals surface area (Å²) in [7, 11) is 3.44. The van der Waals surface area contributed by atoms with Crippen molar-refractivity contribution < 1.29 is 9.59 Å². The minimum atomic E-state index is -0.163. The van der Waals surface area contributed by atoms with Gasteiger partial charge in [-0.2, -0.15) is 5.26 Å². The molecule has 0 aromatic heterocycles. The van der Waals surface area contributed by atoms with Gasteiger partial charge in [-0.1, -0.05) is 30.3 Å². The van der Waals surface area contributed by atoms with Gasteiger partial charge in [-0.25, -0.2) is 4.79 Å². The van der Waals surface area contributed by atoms with Crippen LogP contribution >= 0.6 is 0 Å². The molecule has 0 radical (unpaired) electrons. The maximum absolute atomic E-state index is 12.8. The van der Waals surface area contributed by atoms with Crippen LogP contribution in [0.1, 0.15) is 58.8 Å². The van der Waals surface area contributed by atoms with Gasteiger partial charge in [0.2, 0.25) is 0 Å². The molecule has 0 aliphatic carbocycles. The third-order valence-corrected chi connectivity index (χ3v) is 8.38. The number of urea groups is 1. The second kappa shape index (κ2) is 14.7. The number of piperidine rings is 1. The van der Waals surface area contributed by atoms with Gasteiger partial charge >= 0.3 is 6.03 Å². The highest BCUT2D eigenvalue weighted by Crippen LogP contribution is 2.28. The number of carbonyl (C=O) groups excluding carboxylic acids is 2. The number of nitrogens with zero attached hydrogens (tertiary/aromatic N) is 4. The number of aryl methyl sites for hydroxylation is 2. The van der Waals surface area contributed by atoms with E-state index < -0.39 is 0 Å². The molecule has 0 bridgehead atoms. The molecule has 3 amide bonds. The summed E-state index contributed by atoms with van der Waals surface area (Å²) in [6.07, 6.45) is 2.92. The highest BCUT2D eigenvalue weighted by molar-refractivity contribution is 5.97. The van der Waals surface area contributed by atoms with Crippen LogP contribution in [0.15, 0.2) is 66.7 Å². The number of benzene rings is 3. The second-order valence-corrected chi connectivity index (χ2v) is 11.7. The zero-order valence-electron chi connectivity index (χ0n) is 26.1. The van der Waals surface area contributed by atoms with Gasteiger partial charge in [0.05, 0.1) is 11.6 Å². The van der Waals surface area contributed by atoms with Crippen molar-refractivity contribution in [3.8, 4) is 6.07 Å². The molecule has 1 fully saturated rings. The van der Waals surface area contributed by atoms with Gasteiger partial charge in [0, 0.05) is 69.3 Å². The van der Waals surface area contributed by atoms with Crippen LogP contribution in [-0.4, -0.2) is 67.6 Å². The van der Waals surface area contributed by atoms with Crippen LogP contribution in [0.3, 0.4) is 0 Å². The van der Waals surface area contributed by atoms with Gasteiger partial charge in [-0.15, -0.1) is 0 Å². The Kier molecular flexibility index (Phi) is 10.8. The molecule has 0 spiro atoms. The number of amides is 3. The normalized spacial score (nSPS) is 14.4. The maximum Gasteiger partial charge on any atom is 0.321 e. The van der Waals surface area contributed by atoms with E-state index in [1.807, 2.05) is 62.4 Å². The average molecular weight is 581 g/mol. The van der Waals surface area contributed by atoms with Gasteiger partial charge in [-0.3, -0.25) is 4.79 Å². The van der Waals surface area contributed by atoms with Crippen molar-refractivity contribution in [3.63, 3.8) is 0 Å². The van der Waals surface area contributed by atoms with Crippen molar-refractivity contribution in [1.29, 1.82) is 5.26 Å². The van der Waals surface area contributed by atoms with E-state index in [-0.39, 0.29) is 11.9 Å². The Morgan fingerprint density at radius 2 is 1.65 bits per heavy atom. The fraction of sp³-hybridized carbons (Fsp3) is 0.400. The molecule has 8 nitrogen and oxygen atoms in total. The van der Waals surface area contributed by atoms with Crippen LogP contribution < -0.4 is 15.5 Å². The van der Waals surface area contributed by atoms with E-state index in [4.69, 9.17) is 0 Å². The molecule has 1 atom stereocenters. The molecular weight excluding hydrogens is 536 g/mol. The quantitative estimate of drug-likeness (QED) is 0.309. The number of rotatable bonds is 10. The molecule has 1 unspecified atom stereocenters. The smallest absolute Gasteiger partial charge is 0.321 e. The van der Waals surface area contributed by atoms with E-state index in [0.717, 1.165) is 66.0 Å². The van der Waals surface area contributed by atoms with Gasteiger partial charge in [0.15, 0.2) is 0 Å². The van der Waals surface area contributed by atoms with E-state index in [0.29, 0.717) is 30.7 Å². The largest absolute Gasteiger partial charge is 0.364 e. The van der Waals surface area contributed by atoms with Crippen LogP contribution in [-0.2, 0) is 6.54 Å². The molecule has 43 heavy (non-hydrogen) atoms. The second-order valence-electron chi connectivity index (χ2n) is 11.7. The fourth-order valence-electron chi connectivity index (χ4n) is 5.82. The SMILES string of the molecule is Cc1cccc(C)c1C(=O)NCCC(C)N1CCC(N(Cc2cccc(C#N)c2)c2ccc(NC(=O)N(C)C)cc2)CC1. The standard InChI is InChI=1S/C35H44N6O2/c1-25-8-6-9-26(2)33(25)34(42)37-19-16-27(3)40-20-17-32(18-21-40)41(24-29-11-7-10-28(22-29)23-36)31-14-12-30(13-15-31)38-35(43)39(4)5/h6-15,22,27,32H,16-21,24H2,1-5H3,(H,37,42)(H,38,43). The van der Waals surface area contributed by atoms with Crippen molar-refractivity contribution >= 4 is 23.3 Å². The Balaban J connectivity index is 1.38. The number of nitriles is 1. The third kappa shape index (κ3) is 8.36. The van der Waals surface area contributed by atoms with Gasteiger partial charge in [-0.05, 0) is 93.1 Å². The summed E-state index contributed by atoms with van der Waals surface area (Å²) in [5.41, 5.74) is 6.39. The molecule has 4 rings (SSSR count). The van der Waals surface area contributed by atoms with Crippen molar-refractivity contribution in [2.45, 2.75) is 58.7 Å². The van der Waals surface area contributed by atoms with Crippen LogP contribution in [0.25, 0.3) is 0 Å². The van der Waals surface area contributed by atoms with Crippen molar-refractivity contribution in [2.75, 3.05) is 43.9 Å². The molecular formula is C35H44N6O2. The fourth-order valence-corrected chi connectivity index (χ4v) is 5.82. The summed E-state index contributed by atoms with van der Waals surface area (Å²) >= 11 is 0. The topological polar surface area (TPSA) is 91.7 Å². The molecule has 226 valence electrons. The van der Waals surface area contributed by atoms with E-state index in [2.05, 4.69) is 51.6 Å². The minimum absolute atomic E-state index is 0.00455. The lowest BCUT2D eigenvalue weighted by atomic mass is 9.99. The predicted molar refractivity (Wildman–Crippen MR) is 173 cm³/mol. The molecule has 1 saturated heterocycles. The summed E-state index contributed by atoms with van der Waals surface area (Å²) in [5, 5.41) is 15.5. The van der Waals surface area contributed by atoms with Crippen LogP contribution in [0, 0.1) is 25.2 Å². The Bertz CT molecular complexity index is 1420. The first-order valence-electron chi connectivity index (χ1n) is 15.1. The third-order valence-electron chi connectivity index (χ3n) is 8.38. The summed E-state index contributed by atoms with van der Waals surface area (Å²) in [6.45, 7) is 9.50. The monoisotopic (exact) mass is 580 g/mol. The van der Waals surface area contributed by atoms with Crippen molar-refractivity contribution in [3.05, 3.63) is 94.5 Å². The van der Waals surface area contributed by atoms with Crippen LogP contribution in [0.5, 0.6) is 0 Å². The molecule has 8 heteroatoms. The van der Waals surface area contributed by atoms with Crippen molar-refractivity contribution in [2.24, 2.45) is 0 Å². The van der Waals surface area contributed by atoms with E-state index in [1.54, 1.807) is 14.1 Å². The number of likely N-dealkylation sites (tertiary alicyclic amines) is 1. The molecule has 0 saturated carbocycles. The molecule has 3 aromatic rings. The van der Waals surface area contributed by atoms with E-state index in [9.17, 15) is 14.9 Å². The summed E-state index contributed by atoms with van der Waals surface area (Å²) in [4.78, 5) is 31.4. The zero-order valence-corrected chi connectivity index (χ0v) is 26.1. The van der Waals surface area contributed by atoms with Crippen molar-refractivity contribution in [1.82, 2.24) is 15.1 Å². The lowest BCUT2D eigenvalue weighted by Gasteiger charge is -2.42. The zero-order chi connectivity index (χ0) is 30.9. The van der Waals surface area contributed by atoms with Gasteiger partial charge < -0.3 is 25.3 Å². The van der Waals surface area contributed by atoms with Gasteiger partial charge in [0.1, 0.15) is 0 Å². The highest BCUT2D eigenvalue weighted by atomic mass is 16.2. The van der Waals surface area contributed by atoms with E-state index in [1.165, 1.54) is 4.90 Å².